The van der Waals surface area contributed by atoms with Gasteiger partial charge in [-0.15, -0.1) is 0 Å². The van der Waals surface area contributed by atoms with E-state index in [9.17, 15) is 0 Å². The summed E-state index contributed by atoms with van der Waals surface area (Å²) in [7, 11) is 0. The first kappa shape index (κ1) is 21.8. The molecule has 2 nitrogen and oxygen atoms in total. The Bertz CT molecular complexity index is 570. The van der Waals surface area contributed by atoms with Crippen molar-refractivity contribution in [3.63, 3.8) is 0 Å². The molecule has 1 N–H and O–H groups in total. The van der Waals surface area contributed by atoms with Crippen molar-refractivity contribution in [1.29, 1.82) is 0 Å². The minimum atomic E-state index is 0.594. The maximum absolute atomic E-state index is 4.06. The van der Waals surface area contributed by atoms with Crippen molar-refractivity contribution in [3.8, 4) is 0 Å². The lowest BCUT2D eigenvalue weighted by Crippen LogP contribution is -2.31. The lowest BCUT2D eigenvalue weighted by atomic mass is 10.0. The molecule has 0 bridgehead atoms. The number of nitrogens with one attached hydrogen (secondary N) is 1. The van der Waals surface area contributed by atoms with E-state index in [0.29, 0.717) is 6.04 Å². The highest BCUT2D eigenvalue weighted by Gasteiger charge is 2.16. The van der Waals surface area contributed by atoms with Crippen LogP contribution in [0.2, 0.25) is 0 Å². The number of rotatable bonds is 4. The highest BCUT2D eigenvalue weighted by molar-refractivity contribution is 5.35. The van der Waals surface area contributed by atoms with Crippen molar-refractivity contribution >= 4 is 12.7 Å². The van der Waals surface area contributed by atoms with Gasteiger partial charge in [0.05, 0.1) is 0 Å². The Morgan fingerprint density at radius 1 is 1.24 bits per heavy atom. The van der Waals surface area contributed by atoms with Gasteiger partial charge in [0, 0.05) is 24.1 Å². The van der Waals surface area contributed by atoms with Crippen LogP contribution in [0, 0.1) is 5.92 Å². The van der Waals surface area contributed by atoms with Crippen molar-refractivity contribution in [2.24, 2.45) is 5.92 Å². The van der Waals surface area contributed by atoms with E-state index in [0.717, 1.165) is 24.2 Å². The number of hydrogen-bond donors (Lipinski definition) is 1. The average Bonchev–Trinajstić information content (AvgIpc) is 3.38. The lowest BCUT2D eigenvalue weighted by molar-refractivity contribution is 0.496. The molecule has 1 aliphatic carbocycles. The van der Waals surface area contributed by atoms with Gasteiger partial charge in [0.25, 0.3) is 0 Å². The van der Waals surface area contributed by atoms with E-state index >= 15 is 0 Å². The molecule has 1 atom stereocenters. The molecular weight excluding hydrogens is 304 g/mol. The molecule has 25 heavy (non-hydrogen) atoms. The summed E-state index contributed by atoms with van der Waals surface area (Å²) in [6, 6.07) is 2.69. The van der Waals surface area contributed by atoms with Gasteiger partial charge in [-0.1, -0.05) is 78.0 Å². The van der Waals surface area contributed by atoms with Crippen molar-refractivity contribution in [1.82, 2.24) is 9.88 Å². The largest absolute Gasteiger partial charge is 0.343 e. The molecule has 1 saturated carbocycles. The third-order valence-corrected chi connectivity index (χ3v) is 5.09. The van der Waals surface area contributed by atoms with Gasteiger partial charge in [-0.3, -0.25) is 0 Å². The molecular formula is C23H40N2. The van der Waals surface area contributed by atoms with Gasteiger partial charge in [0.1, 0.15) is 0 Å². The second kappa shape index (κ2) is 13.0. The normalized spacial score (nSPS) is 21.1. The minimum absolute atomic E-state index is 0.594. The van der Waals surface area contributed by atoms with Gasteiger partial charge in [0.15, 0.2) is 0 Å². The molecule has 0 spiro atoms. The monoisotopic (exact) mass is 344 g/mol. The third-order valence-electron chi connectivity index (χ3n) is 5.09. The molecule has 2 fully saturated rings. The number of hydrogen-bond acceptors (Lipinski definition) is 1. The molecule has 0 aromatic carbocycles. The van der Waals surface area contributed by atoms with E-state index in [4.69, 9.17) is 0 Å². The molecule has 1 aromatic heterocycles. The Morgan fingerprint density at radius 2 is 1.96 bits per heavy atom. The number of aromatic nitrogens is 1. The molecule has 1 aromatic rings. The van der Waals surface area contributed by atoms with Crippen LogP contribution in [0.4, 0.5) is 0 Å². The quantitative estimate of drug-likeness (QED) is 0.831. The predicted molar refractivity (Wildman–Crippen MR) is 113 cm³/mol. The summed E-state index contributed by atoms with van der Waals surface area (Å²) in [5.41, 5.74) is 0. The Balaban J connectivity index is 0.000000264. The summed E-state index contributed by atoms with van der Waals surface area (Å²) in [6.07, 6.45) is 18.6. The van der Waals surface area contributed by atoms with Gasteiger partial charge in [0.2, 0.25) is 0 Å². The predicted octanol–water partition coefficient (Wildman–Crippen LogP) is 4.79. The zero-order valence-electron chi connectivity index (χ0n) is 17.1. The van der Waals surface area contributed by atoms with E-state index in [-0.39, 0.29) is 0 Å². The first-order valence-electron chi connectivity index (χ1n) is 10.5. The van der Waals surface area contributed by atoms with Crippen LogP contribution < -0.4 is 15.9 Å². The lowest BCUT2D eigenvalue weighted by Gasteiger charge is -2.11. The van der Waals surface area contributed by atoms with Gasteiger partial charge >= 0.3 is 0 Å². The van der Waals surface area contributed by atoms with Crippen LogP contribution in [0.1, 0.15) is 78.7 Å². The second-order valence-corrected chi connectivity index (χ2v) is 6.91. The van der Waals surface area contributed by atoms with Gasteiger partial charge in [-0.2, -0.15) is 0 Å². The van der Waals surface area contributed by atoms with Crippen molar-refractivity contribution in [2.75, 3.05) is 13.1 Å². The molecule has 0 radical (unpaired) electrons. The second-order valence-electron chi connectivity index (χ2n) is 6.91. The molecule has 1 aliphatic heterocycles. The van der Waals surface area contributed by atoms with Crippen LogP contribution in [-0.4, -0.2) is 17.7 Å². The summed E-state index contributed by atoms with van der Waals surface area (Å²) in [4.78, 5) is 0. The Morgan fingerprint density at radius 3 is 2.52 bits per heavy atom. The van der Waals surface area contributed by atoms with Crippen LogP contribution in [-0.2, 0) is 0 Å². The zero-order chi connectivity index (χ0) is 18.5. The van der Waals surface area contributed by atoms with Crippen LogP contribution in [0.25, 0.3) is 12.7 Å². The molecule has 0 amide bonds. The van der Waals surface area contributed by atoms with Crippen LogP contribution in [0.3, 0.4) is 0 Å². The Hall–Kier alpha value is -1.28. The van der Waals surface area contributed by atoms with Crippen LogP contribution in [0.15, 0.2) is 24.4 Å². The minimum Gasteiger partial charge on any atom is -0.343 e. The van der Waals surface area contributed by atoms with Gasteiger partial charge < -0.3 is 9.88 Å². The molecule has 2 heteroatoms. The zero-order valence-corrected chi connectivity index (χ0v) is 17.1. The Kier molecular flexibility index (Phi) is 11.3. The molecule has 2 heterocycles. The SMILES string of the molecule is C=c1ccn(C2CCNC2)/c1=C/C=C\C.CC.CCCC1CCCC1. The van der Waals surface area contributed by atoms with E-state index in [2.05, 4.69) is 47.8 Å². The van der Waals surface area contributed by atoms with E-state index in [1.165, 1.54) is 50.3 Å². The van der Waals surface area contributed by atoms with Crippen molar-refractivity contribution in [3.05, 3.63) is 35.0 Å². The van der Waals surface area contributed by atoms with Crippen LogP contribution in [0.5, 0.6) is 0 Å². The first-order chi connectivity index (χ1) is 12.3. The van der Waals surface area contributed by atoms with E-state index in [1.54, 1.807) is 0 Å². The summed E-state index contributed by atoms with van der Waals surface area (Å²) in [5, 5.41) is 5.74. The molecule has 1 unspecified atom stereocenters. The summed E-state index contributed by atoms with van der Waals surface area (Å²) in [5.74, 6) is 1.11. The summed E-state index contributed by atoms with van der Waals surface area (Å²) < 4.78 is 2.34. The maximum atomic E-state index is 4.06. The molecule has 142 valence electrons. The highest BCUT2D eigenvalue weighted by atomic mass is 15.1. The Labute approximate surface area is 155 Å². The van der Waals surface area contributed by atoms with Crippen LogP contribution >= 0.6 is 0 Å². The number of allylic oxidation sites excluding steroid dienone is 2. The number of nitrogens with zero attached hydrogens (tertiary/aromatic N) is 1. The van der Waals surface area contributed by atoms with Gasteiger partial charge in [-0.05, 0) is 43.2 Å². The fraction of sp³-hybridized carbons (Fsp3) is 0.652. The molecule has 1 saturated heterocycles. The van der Waals surface area contributed by atoms with Gasteiger partial charge in [-0.25, -0.2) is 0 Å². The smallest absolute Gasteiger partial charge is 0.0477 e. The van der Waals surface area contributed by atoms with Crippen molar-refractivity contribution in [2.45, 2.75) is 78.7 Å². The third kappa shape index (κ3) is 7.23. The van der Waals surface area contributed by atoms with E-state index in [1.807, 2.05) is 26.8 Å². The fourth-order valence-corrected chi connectivity index (χ4v) is 3.78. The maximum Gasteiger partial charge on any atom is 0.0477 e. The standard InChI is InChI=1S/C13H18N2.C8H16.C2H6/c1-3-4-5-13-11(2)7-9-15(13)12-6-8-14-10-12;1-2-5-8-6-3-4-7-8;1-2/h3-5,7,9,12,14H,2,6,8,10H2,1H3;8H,2-7H2,1H3;1-2H3/b4-3-,13-5+;;. The van der Waals surface area contributed by atoms with E-state index < -0.39 is 0 Å². The topological polar surface area (TPSA) is 17.0 Å². The summed E-state index contributed by atoms with van der Waals surface area (Å²) in [6.45, 7) is 14.6. The average molecular weight is 345 g/mol. The highest BCUT2D eigenvalue weighted by Crippen LogP contribution is 2.28. The first-order valence-corrected chi connectivity index (χ1v) is 10.5. The molecule has 3 rings (SSSR count). The summed E-state index contributed by atoms with van der Waals surface area (Å²) >= 11 is 0. The van der Waals surface area contributed by atoms with Crippen molar-refractivity contribution < 1.29 is 0 Å². The fourth-order valence-electron chi connectivity index (χ4n) is 3.78. The molecule has 2 aliphatic rings.